The fourth-order valence-corrected chi connectivity index (χ4v) is 8.72. The van der Waals surface area contributed by atoms with E-state index >= 15 is 0 Å². The van der Waals surface area contributed by atoms with Gasteiger partial charge in [0.05, 0.1) is 69.0 Å². The third-order valence-electron chi connectivity index (χ3n) is 11.1. The second kappa shape index (κ2) is 17.6. The topological polar surface area (TPSA) is 166 Å². The Balaban J connectivity index is 1.76. The molecule has 0 aromatic heterocycles. The van der Waals surface area contributed by atoms with Gasteiger partial charge in [-0.25, -0.2) is 0 Å². The van der Waals surface area contributed by atoms with Crippen molar-refractivity contribution in [3.8, 4) is 68.2 Å². The van der Waals surface area contributed by atoms with Crippen LogP contribution in [-0.2, 0) is 28.9 Å². The molecule has 0 fully saturated rings. The molecular weight excluding hydrogens is 760 g/mol. The minimum atomic E-state index is -0.549. The molecule has 0 saturated heterocycles. The van der Waals surface area contributed by atoms with E-state index in [0.717, 1.165) is 22.3 Å². The normalized spacial score (nSPS) is 15.0. The maximum absolute atomic E-state index is 13.5. The summed E-state index contributed by atoms with van der Waals surface area (Å²) in [6.07, 6.45) is 1.87. The van der Waals surface area contributed by atoms with E-state index in [2.05, 4.69) is 10.6 Å². The number of fused-ring (bicyclic) bond motifs is 6. The van der Waals surface area contributed by atoms with Crippen LogP contribution in [0.1, 0.15) is 72.2 Å². The molecule has 59 heavy (non-hydrogen) atoms. The zero-order valence-corrected chi connectivity index (χ0v) is 35.1. The van der Waals surface area contributed by atoms with Gasteiger partial charge < -0.3 is 48.5 Å². The maximum Gasteiger partial charge on any atom is 0.220 e. The molecule has 2 aliphatic carbocycles. The van der Waals surface area contributed by atoms with Crippen LogP contribution in [0.2, 0.25) is 0 Å². The van der Waals surface area contributed by atoms with E-state index in [-0.39, 0.29) is 40.6 Å². The van der Waals surface area contributed by atoms with Crippen LogP contribution in [0.5, 0.6) is 46.0 Å². The standard InChI is InChI=1S/C45H50N2O12/c1-22(48)46-32-15-11-26-30(40(54-5)44(58-9)42(56-7)38(26)24-13-17-36(52-3)34(50)20-28(24)32)19-31-27-12-16-33(47-23(2)49)29-21-35(51)37(53-4)18-14-25(29)39(27)43(57-8)45(59-10)41(31)55-6/h13-14,17-18,20-21,32-33H,11-12,15-16,19H2,1-10H3,(H,46,48)(H,47,49)/t32-,33-/m0/s1. The lowest BCUT2D eigenvalue weighted by molar-refractivity contribution is -0.120. The van der Waals surface area contributed by atoms with Gasteiger partial charge in [0.25, 0.3) is 0 Å². The van der Waals surface area contributed by atoms with Gasteiger partial charge in [-0.2, -0.15) is 0 Å². The van der Waals surface area contributed by atoms with Crippen LogP contribution in [-0.4, -0.2) is 68.7 Å². The fourth-order valence-electron chi connectivity index (χ4n) is 8.72. The Bertz CT molecular complexity index is 2280. The smallest absolute Gasteiger partial charge is 0.220 e. The fraction of sp³-hybridized carbons (Fsp3) is 0.378. The van der Waals surface area contributed by atoms with Gasteiger partial charge in [0.1, 0.15) is 0 Å². The van der Waals surface area contributed by atoms with Gasteiger partial charge in [-0.15, -0.1) is 0 Å². The molecule has 14 nitrogen and oxygen atoms in total. The Morgan fingerprint density at radius 3 is 1.19 bits per heavy atom. The van der Waals surface area contributed by atoms with Crippen molar-refractivity contribution >= 4 is 11.8 Å². The number of benzene rings is 2. The molecule has 0 radical (unpaired) electrons. The van der Waals surface area contributed by atoms with E-state index in [4.69, 9.17) is 37.9 Å². The highest BCUT2D eigenvalue weighted by Crippen LogP contribution is 2.57. The molecule has 4 aromatic carbocycles. The zero-order valence-electron chi connectivity index (χ0n) is 35.1. The Labute approximate surface area is 342 Å². The van der Waals surface area contributed by atoms with Crippen molar-refractivity contribution in [2.24, 2.45) is 0 Å². The predicted octanol–water partition coefficient (Wildman–Crippen LogP) is 5.65. The molecule has 14 heteroatoms. The summed E-state index contributed by atoms with van der Waals surface area (Å²) in [6.45, 7) is 2.88. The lowest BCUT2D eigenvalue weighted by Crippen LogP contribution is -2.26. The second-order valence-electron chi connectivity index (χ2n) is 14.2. The highest BCUT2D eigenvalue weighted by Gasteiger charge is 2.37. The summed E-state index contributed by atoms with van der Waals surface area (Å²) >= 11 is 0. The van der Waals surface area contributed by atoms with Gasteiger partial charge in [0, 0.05) is 42.5 Å². The number of nitrogens with one attached hydrogen (secondary N) is 2. The van der Waals surface area contributed by atoms with Crippen LogP contribution < -0.4 is 59.4 Å². The molecule has 0 aliphatic heterocycles. The summed E-state index contributed by atoms with van der Waals surface area (Å²) in [6, 6.07) is 8.73. The van der Waals surface area contributed by atoms with Crippen LogP contribution in [0.25, 0.3) is 22.3 Å². The van der Waals surface area contributed by atoms with E-state index in [0.29, 0.717) is 93.6 Å². The van der Waals surface area contributed by atoms with E-state index in [1.54, 1.807) is 38.5 Å². The predicted molar refractivity (Wildman–Crippen MR) is 221 cm³/mol. The maximum atomic E-state index is 13.5. The lowest BCUT2D eigenvalue weighted by atomic mass is 9.84. The van der Waals surface area contributed by atoms with Crippen LogP contribution in [0.15, 0.2) is 46.0 Å². The van der Waals surface area contributed by atoms with Crippen molar-refractivity contribution < 1.29 is 47.5 Å². The minimum Gasteiger partial charge on any atom is -0.493 e. The second-order valence-corrected chi connectivity index (χ2v) is 14.2. The average Bonchev–Trinajstić information content (AvgIpc) is 3.61. The number of hydrogen-bond donors (Lipinski definition) is 2. The quantitative estimate of drug-likeness (QED) is 0.181. The van der Waals surface area contributed by atoms with E-state index in [9.17, 15) is 19.2 Å². The monoisotopic (exact) mass is 810 g/mol. The number of ether oxygens (including phenoxy) is 8. The molecule has 2 atom stereocenters. The van der Waals surface area contributed by atoms with Crippen LogP contribution in [0, 0.1) is 0 Å². The summed E-state index contributed by atoms with van der Waals surface area (Å²) in [5.41, 5.74) is 6.17. The highest BCUT2D eigenvalue weighted by atomic mass is 16.5. The first-order chi connectivity index (χ1) is 28.4. The SMILES string of the molecule is COc1c(Cc2c3c(c(OC)c(OC)c2OC)-c2ccc(OC)c(=O)cc2[C@@H](NC(C)=O)CC3)c2c(c(OC)c1OC)-c1ccc(OC)c(=O)cc1[C@@H](NC(C)=O)CC2. The number of hydrogen-bond acceptors (Lipinski definition) is 12. The van der Waals surface area contributed by atoms with Gasteiger partial charge in [0.2, 0.25) is 34.2 Å². The molecule has 6 rings (SSSR count). The van der Waals surface area contributed by atoms with Gasteiger partial charge >= 0.3 is 0 Å². The minimum absolute atomic E-state index is 0.131. The first-order valence-electron chi connectivity index (χ1n) is 19.1. The molecule has 312 valence electrons. The van der Waals surface area contributed by atoms with E-state index in [1.807, 2.05) is 0 Å². The van der Waals surface area contributed by atoms with Crippen LogP contribution in [0.3, 0.4) is 0 Å². The Kier molecular flexibility index (Phi) is 12.6. The van der Waals surface area contributed by atoms with Crippen LogP contribution in [0.4, 0.5) is 0 Å². The van der Waals surface area contributed by atoms with Crippen LogP contribution >= 0.6 is 0 Å². The number of rotatable bonds is 12. The molecule has 0 heterocycles. The van der Waals surface area contributed by atoms with Crippen molar-refractivity contribution in [3.05, 3.63) is 90.2 Å². The molecule has 2 amide bonds. The van der Waals surface area contributed by atoms with Crippen molar-refractivity contribution in [3.63, 3.8) is 0 Å². The average molecular weight is 811 g/mol. The van der Waals surface area contributed by atoms with Gasteiger partial charge in [-0.05, 0) is 83.3 Å². The number of methoxy groups -OCH3 is 8. The molecule has 0 spiro atoms. The molecule has 0 bridgehead atoms. The number of carbonyl (C=O) groups excluding carboxylic acids is 2. The third-order valence-corrected chi connectivity index (χ3v) is 11.1. The van der Waals surface area contributed by atoms with Crippen molar-refractivity contribution in [2.45, 2.75) is 58.0 Å². The summed E-state index contributed by atoms with van der Waals surface area (Å²) in [5, 5.41) is 6.11. The van der Waals surface area contributed by atoms with E-state index in [1.165, 1.54) is 68.6 Å². The van der Waals surface area contributed by atoms with Gasteiger partial charge in [0.15, 0.2) is 34.5 Å². The molecule has 2 N–H and O–H groups in total. The Morgan fingerprint density at radius 1 is 0.525 bits per heavy atom. The molecule has 2 aliphatic rings. The summed E-state index contributed by atoms with van der Waals surface area (Å²) in [4.78, 5) is 52.2. The lowest BCUT2D eigenvalue weighted by Gasteiger charge is -2.27. The Morgan fingerprint density at radius 2 is 0.881 bits per heavy atom. The molecular formula is C45H50N2O12. The number of carbonyl (C=O) groups is 2. The summed E-state index contributed by atoms with van der Waals surface area (Å²) in [7, 11) is 12.1. The van der Waals surface area contributed by atoms with Crippen molar-refractivity contribution in [2.75, 3.05) is 56.9 Å². The van der Waals surface area contributed by atoms with Crippen molar-refractivity contribution in [1.82, 2.24) is 10.6 Å². The first-order valence-corrected chi connectivity index (χ1v) is 19.1. The first kappa shape index (κ1) is 42.2. The highest BCUT2D eigenvalue weighted by molar-refractivity contribution is 5.88. The van der Waals surface area contributed by atoms with Gasteiger partial charge in [-0.1, -0.05) is 12.1 Å². The molecule has 4 aromatic rings. The van der Waals surface area contributed by atoms with Crippen molar-refractivity contribution in [1.29, 1.82) is 0 Å². The third kappa shape index (κ3) is 7.54. The Hall–Kier alpha value is -6.44. The zero-order chi connectivity index (χ0) is 42.7. The summed E-state index contributed by atoms with van der Waals surface area (Å²) in [5.74, 6) is 1.96. The number of amides is 2. The molecule has 0 saturated carbocycles. The largest absolute Gasteiger partial charge is 0.493 e. The van der Waals surface area contributed by atoms with E-state index < -0.39 is 12.1 Å². The molecule has 0 unspecified atom stereocenters. The van der Waals surface area contributed by atoms with Gasteiger partial charge in [-0.3, -0.25) is 19.2 Å². The summed E-state index contributed by atoms with van der Waals surface area (Å²) < 4.78 is 47.8.